The Balaban J connectivity index is 2.08. The van der Waals surface area contributed by atoms with E-state index in [0.717, 1.165) is 0 Å². The maximum absolute atomic E-state index is 13.3. The van der Waals surface area contributed by atoms with Crippen LogP contribution in [-0.2, 0) is 37.9 Å². The Labute approximate surface area is 365 Å². The van der Waals surface area contributed by atoms with Gasteiger partial charge in [0.2, 0.25) is 0 Å². The van der Waals surface area contributed by atoms with Crippen molar-refractivity contribution in [1.29, 1.82) is 0 Å². The van der Waals surface area contributed by atoms with Gasteiger partial charge in [-0.05, 0) is 95.0 Å². The first-order valence-electron chi connectivity index (χ1n) is 20.5. The SMILES string of the molecule is CC(C)(C)OC(=O)NCC1OC(OC2C(NC(=O)OC(C)(C)C)CC(NC(=O)OC(C)(C)C)C(OC3OC(CN=[N+]=[N-])C(O)C(NC(=O)OC(C)(C)C)C3O)C2O)C(O)C(O)C1O. The standard InChI is InChI=1S/C38H67N7O18/c1-35(2,3)60-31(52)40-14-18-22(47)24(49)25(50)30(56-18)59-28-17(43-33(54)62-37(7,8)9)13-16(42-32(53)61-36(4,5)6)27(26(28)51)58-29-23(48)20(44-34(55)63-38(10,11)12)21(46)19(57-29)15-41-45-39/h16-30,46-51H,13-15H2,1-12H3,(H,40,52)(H,42,53)(H,43,54)(H,44,55). The quantitative estimate of drug-likeness (QED) is 0.0576. The zero-order valence-electron chi connectivity index (χ0n) is 37.7. The summed E-state index contributed by atoms with van der Waals surface area (Å²) in [7, 11) is 0. The van der Waals surface area contributed by atoms with E-state index in [1.165, 1.54) is 0 Å². The molecule has 63 heavy (non-hydrogen) atoms. The zero-order chi connectivity index (χ0) is 48.0. The topological polar surface area (TPSA) is 360 Å². The molecule has 15 atom stereocenters. The number of nitrogens with one attached hydrogen (secondary N) is 4. The van der Waals surface area contributed by atoms with Gasteiger partial charge in [0, 0.05) is 11.5 Å². The summed E-state index contributed by atoms with van der Waals surface area (Å²) in [5.41, 5.74) is 5.09. The molecule has 10 N–H and O–H groups in total. The molecule has 3 rings (SSSR count). The van der Waals surface area contributed by atoms with Crippen LogP contribution >= 0.6 is 0 Å². The maximum atomic E-state index is 13.3. The van der Waals surface area contributed by atoms with Crippen molar-refractivity contribution in [2.24, 2.45) is 5.11 Å². The van der Waals surface area contributed by atoms with Gasteiger partial charge in [0.25, 0.3) is 0 Å². The predicted octanol–water partition coefficient (Wildman–Crippen LogP) is 0.291. The van der Waals surface area contributed by atoms with Crippen LogP contribution in [0.4, 0.5) is 19.2 Å². The Morgan fingerprint density at radius 1 is 0.571 bits per heavy atom. The Hall–Kier alpha value is -4.01. The highest BCUT2D eigenvalue weighted by molar-refractivity contribution is 5.70. The monoisotopic (exact) mass is 909 g/mol. The van der Waals surface area contributed by atoms with Gasteiger partial charge in [0.15, 0.2) is 12.6 Å². The lowest BCUT2D eigenvalue weighted by Gasteiger charge is -2.49. The smallest absolute Gasteiger partial charge is 0.408 e. The Morgan fingerprint density at radius 3 is 1.43 bits per heavy atom. The lowest BCUT2D eigenvalue weighted by molar-refractivity contribution is -0.332. The van der Waals surface area contributed by atoms with Gasteiger partial charge in [-0.3, -0.25) is 0 Å². The predicted molar refractivity (Wildman–Crippen MR) is 215 cm³/mol. The van der Waals surface area contributed by atoms with Crippen molar-refractivity contribution in [2.45, 2.75) is 204 Å². The fourth-order valence-corrected chi connectivity index (χ4v) is 6.69. The number of amides is 4. The summed E-state index contributed by atoms with van der Waals surface area (Å²) in [5, 5.41) is 81.2. The van der Waals surface area contributed by atoms with Crippen LogP contribution in [0.15, 0.2) is 5.11 Å². The minimum atomic E-state index is -2.02. The molecule has 25 heteroatoms. The second kappa shape index (κ2) is 21.3. The molecule has 0 radical (unpaired) electrons. The molecule has 3 aliphatic rings. The van der Waals surface area contributed by atoms with Crippen molar-refractivity contribution in [2.75, 3.05) is 13.1 Å². The molecule has 15 unspecified atom stereocenters. The normalized spacial score (nSPS) is 34.0. The van der Waals surface area contributed by atoms with Gasteiger partial charge < -0.3 is 89.8 Å². The number of hydrogen-bond donors (Lipinski definition) is 10. The van der Waals surface area contributed by atoms with Crippen LogP contribution in [0.5, 0.6) is 0 Å². The van der Waals surface area contributed by atoms with E-state index in [1.807, 2.05) is 0 Å². The summed E-state index contributed by atoms with van der Waals surface area (Å²) in [6.07, 6.45) is -25.9. The zero-order valence-corrected chi connectivity index (χ0v) is 37.7. The van der Waals surface area contributed by atoms with Crippen LogP contribution in [0, 0.1) is 0 Å². The third-order valence-electron chi connectivity index (χ3n) is 9.19. The average Bonchev–Trinajstić information content (AvgIpc) is 3.10. The molecule has 0 aromatic carbocycles. The van der Waals surface area contributed by atoms with Crippen molar-refractivity contribution in [1.82, 2.24) is 21.3 Å². The molecule has 0 spiro atoms. The highest BCUT2D eigenvalue weighted by atomic mass is 16.7. The van der Waals surface area contributed by atoms with Crippen molar-refractivity contribution in [3.63, 3.8) is 0 Å². The number of alkyl carbamates (subject to hydrolysis) is 4. The molecule has 0 aromatic heterocycles. The van der Waals surface area contributed by atoms with Gasteiger partial charge in [-0.1, -0.05) is 5.11 Å². The fraction of sp³-hybridized carbons (Fsp3) is 0.895. The van der Waals surface area contributed by atoms with E-state index >= 15 is 0 Å². The van der Waals surface area contributed by atoms with Crippen LogP contribution in [0.25, 0.3) is 10.4 Å². The number of aliphatic hydroxyl groups excluding tert-OH is 6. The van der Waals surface area contributed by atoms with Crippen LogP contribution in [0.1, 0.15) is 89.5 Å². The Bertz CT molecular complexity index is 1610. The summed E-state index contributed by atoms with van der Waals surface area (Å²) in [6.45, 7) is 18.1. The summed E-state index contributed by atoms with van der Waals surface area (Å²) in [4.78, 5) is 54.6. The number of rotatable bonds is 11. The molecule has 0 aromatic rings. The van der Waals surface area contributed by atoms with Gasteiger partial charge in [-0.25, -0.2) is 19.2 Å². The first-order chi connectivity index (χ1) is 28.8. The molecule has 2 aliphatic heterocycles. The number of hydrogen-bond acceptors (Lipinski definition) is 19. The van der Waals surface area contributed by atoms with Crippen LogP contribution in [0.2, 0.25) is 0 Å². The summed E-state index contributed by atoms with van der Waals surface area (Å²) >= 11 is 0. The van der Waals surface area contributed by atoms with Crippen LogP contribution in [-0.4, -0.2) is 182 Å². The second-order valence-corrected chi connectivity index (χ2v) is 19.4. The lowest BCUT2D eigenvalue weighted by Crippen LogP contribution is -2.70. The number of carbonyl (C=O) groups is 4. The summed E-state index contributed by atoms with van der Waals surface area (Å²) in [5.74, 6) is 0. The number of ether oxygens (including phenoxy) is 8. The van der Waals surface area contributed by atoms with Gasteiger partial charge in [0.1, 0.15) is 77.3 Å². The van der Waals surface area contributed by atoms with Crippen LogP contribution < -0.4 is 21.3 Å². The van der Waals surface area contributed by atoms with Crippen molar-refractivity contribution >= 4 is 24.4 Å². The maximum Gasteiger partial charge on any atom is 0.408 e. The molecule has 362 valence electrons. The van der Waals surface area contributed by atoms with Crippen molar-refractivity contribution in [3.8, 4) is 0 Å². The minimum Gasteiger partial charge on any atom is -0.444 e. The number of aliphatic hydroxyl groups is 6. The molecular weight excluding hydrogens is 842 g/mol. The van der Waals surface area contributed by atoms with E-state index < -0.39 is 152 Å². The number of carbonyl (C=O) groups excluding carboxylic acids is 4. The summed E-state index contributed by atoms with van der Waals surface area (Å²) in [6, 6.07) is -4.32. The van der Waals surface area contributed by atoms with Gasteiger partial charge >= 0.3 is 24.4 Å². The van der Waals surface area contributed by atoms with Crippen molar-refractivity contribution < 1.29 is 87.7 Å². The third-order valence-corrected chi connectivity index (χ3v) is 9.19. The van der Waals surface area contributed by atoms with E-state index in [4.69, 9.17) is 43.4 Å². The molecule has 25 nitrogen and oxygen atoms in total. The first kappa shape index (κ1) is 53.3. The lowest BCUT2D eigenvalue weighted by atomic mass is 9.83. The van der Waals surface area contributed by atoms with E-state index in [2.05, 4.69) is 31.3 Å². The molecule has 0 bridgehead atoms. The third kappa shape index (κ3) is 16.5. The molecule has 1 saturated carbocycles. The van der Waals surface area contributed by atoms with Gasteiger partial charge in [0.05, 0.1) is 30.8 Å². The average molecular weight is 910 g/mol. The second-order valence-electron chi connectivity index (χ2n) is 19.4. The molecular formula is C38H67N7O18. The Kier molecular flexibility index (Phi) is 18.0. The molecule has 2 saturated heterocycles. The number of azide groups is 1. The summed E-state index contributed by atoms with van der Waals surface area (Å²) < 4.78 is 45.4. The van der Waals surface area contributed by atoms with Crippen LogP contribution in [0.3, 0.4) is 0 Å². The van der Waals surface area contributed by atoms with Crippen molar-refractivity contribution in [3.05, 3.63) is 10.4 Å². The van der Waals surface area contributed by atoms with E-state index in [1.54, 1.807) is 83.1 Å². The first-order valence-corrected chi connectivity index (χ1v) is 20.5. The van der Waals surface area contributed by atoms with E-state index in [0.29, 0.717) is 0 Å². The number of nitrogens with zero attached hydrogens (tertiary/aromatic N) is 3. The largest absolute Gasteiger partial charge is 0.444 e. The fourth-order valence-electron chi connectivity index (χ4n) is 6.69. The molecule has 2 heterocycles. The van der Waals surface area contributed by atoms with E-state index in [9.17, 15) is 49.8 Å². The van der Waals surface area contributed by atoms with Gasteiger partial charge in [-0.2, -0.15) is 0 Å². The molecule has 1 aliphatic carbocycles. The van der Waals surface area contributed by atoms with E-state index in [-0.39, 0.29) is 6.42 Å². The molecule has 4 amide bonds. The molecule has 3 fully saturated rings. The highest BCUT2D eigenvalue weighted by Gasteiger charge is 2.54. The highest BCUT2D eigenvalue weighted by Crippen LogP contribution is 2.34. The minimum absolute atomic E-state index is 0.379. The Morgan fingerprint density at radius 2 is 0.984 bits per heavy atom. The van der Waals surface area contributed by atoms with Gasteiger partial charge in [-0.15, -0.1) is 0 Å².